The third-order valence-electron chi connectivity index (χ3n) is 3.22. The van der Waals surface area contributed by atoms with E-state index in [0.717, 1.165) is 25.9 Å². The minimum Gasteiger partial charge on any atom is -0.387 e. The summed E-state index contributed by atoms with van der Waals surface area (Å²) < 4.78 is 0. The fourth-order valence-electron chi connectivity index (χ4n) is 2.43. The number of carbonyl (C=O) groups is 1. The smallest absolute Gasteiger partial charge is 0.271 e. The Balaban J connectivity index is 2.02. The lowest BCUT2D eigenvalue weighted by atomic mass is 9.88. The molecule has 2 aliphatic heterocycles. The van der Waals surface area contributed by atoms with Crippen molar-refractivity contribution in [2.75, 3.05) is 34.2 Å². The second-order valence-electron chi connectivity index (χ2n) is 5.03. The summed E-state index contributed by atoms with van der Waals surface area (Å²) in [5.41, 5.74) is 0.314. The number of piperidine rings is 1. The largest absolute Gasteiger partial charge is 0.387 e. The minimum absolute atomic E-state index is 0.0369. The number of carbonyl (C=O) groups excluding carboxylic acids is 1. The van der Waals surface area contributed by atoms with Crippen molar-refractivity contribution in [1.29, 1.82) is 0 Å². The van der Waals surface area contributed by atoms with Crippen LogP contribution in [0.15, 0.2) is 5.16 Å². The number of hydrogen-bond donors (Lipinski definition) is 0. The quantitative estimate of drug-likeness (QED) is 0.645. The van der Waals surface area contributed by atoms with Gasteiger partial charge in [0, 0.05) is 27.1 Å². The lowest BCUT2D eigenvalue weighted by molar-refractivity contribution is -0.121. The first-order chi connectivity index (χ1) is 7.52. The number of hydrogen-bond acceptors (Lipinski definition) is 4. The monoisotopic (exact) mass is 225 g/mol. The lowest BCUT2D eigenvalue weighted by Crippen LogP contribution is -2.47. The number of likely N-dealkylation sites (tertiary alicyclic amines) is 1. The van der Waals surface area contributed by atoms with E-state index in [0.29, 0.717) is 12.1 Å². The molecule has 1 fully saturated rings. The zero-order chi connectivity index (χ0) is 11.8. The van der Waals surface area contributed by atoms with E-state index in [4.69, 9.17) is 4.84 Å². The Kier molecular flexibility index (Phi) is 2.88. The first-order valence-corrected chi connectivity index (χ1v) is 5.68. The zero-order valence-electron chi connectivity index (χ0n) is 10.2. The zero-order valence-corrected chi connectivity index (χ0v) is 10.2. The van der Waals surface area contributed by atoms with Gasteiger partial charge in [0.2, 0.25) is 0 Å². The average Bonchev–Trinajstić information content (AvgIpc) is 2.60. The van der Waals surface area contributed by atoms with Crippen LogP contribution >= 0.6 is 0 Å². The molecule has 0 saturated carbocycles. The molecule has 0 aliphatic carbocycles. The summed E-state index contributed by atoms with van der Waals surface area (Å²) in [5.74, 6) is -0.0369. The first-order valence-electron chi connectivity index (χ1n) is 5.68. The summed E-state index contributed by atoms with van der Waals surface area (Å²) in [4.78, 5) is 21.1. The molecule has 0 radical (unpaired) electrons. The van der Waals surface area contributed by atoms with Crippen LogP contribution in [0, 0.1) is 0 Å². The first kappa shape index (κ1) is 11.4. The van der Waals surface area contributed by atoms with Gasteiger partial charge >= 0.3 is 0 Å². The second kappa shape index (κ2) is 4.05. The van der Waals surface area contributed by atoms with Gasteiger partial charge in [0.25, 0.3) is 5.91 Å². The number of nitrogens with zero attached hydrogens (tertiary/aromatic N) is 3. The standard InChI is InChI=1S/C11H19N3O2/c1-13(2)10(15)9-7-11(16-12-9)5-4-6-14(3)8-11/h4-8H2,1-3H3. The summed E-state index contributed by atoms with van der Waals surface area (Å²) >= 11 is 0. The summed E-state index contributed by atoms with van der Waals surface area (Å²) in [6.45, 7) is 1.96. The highest BCUT2D eigenvalue weighted by Gasteiger charge is 2.43. The van der Waals surface area contributed by atoms with E-state index >= 15 is 0 Å². The highest BCUT2D eigenvalue weighted by Crippen LogP contribution is 2.33. The highest BCUT2D eigenvalue weighted by atomic mass is 16.7. The molecule has 0 aromatic rings. The number of rotatable bonds is 1. The Bertz CT molecular complexity index is 327. The van der Waals surface area contributed by atoms with E-state index in [2.05, 4.69) is 17.1 Å². The molecule has 5 nitrogen and oxygen atoms in total. The van der Waals surface area contributed by atoms with Crippen LogP contribution in [0.25, 0.3) is 0 Å². The Morgan fingerprint density at radius 2 is 2.31 bits per heavy atom. The van der Waals surface area contributed by atoms with Gasteiger partial charge in [-0.25, -0.2) is 0 Å². The molecule has 0 bridgehead atoms. The van der Waals surface area contributed by atoms with Crippen molar-refractivity contribution in [3.63, 3.8) is 0 Å². The lowest BCUT2D eigenvalue weighted by Gasteiger charge is -2.36. The van der Waals surface area contributed by atoms with Gasteiger partial charge in [0.05, 0.1) is 0 Å². The van der Waals surface area contributed by atoms with Gasteiger partial charge in [-0.1, -0.05) is 5.16 Å². The maximum absolute atomic E-state index is 11.8. The second-order valence-corrected chi connectivity index (χ2v) is 5.03. The van der Waals surface area contributed by atoms with E-state index in [-0.39, 0.29) is 11.5 Å². The molecule has 1 amide bonds. The molecule has 1 atom stereocenters. The summed E-state index contributed by atoms with van der Waals surface area (Å²) in [6, 6.07) is 0. The van der Waals surface area contributed by atoms with Crippen LogP contribution in [0.1, 0.15) is 19.3 Å². The van der Waals surface area contributed by atoms with Gasteiger partial charge in [-0.05, 0) is 26.4 Å². The van der Waals surface area contributed by atoms with Crippen LogP contribution in [-0.4, -0.2) is 61.3 Å². The maximum Gasteiger partial charge on any atom is 0.271 e. The van der Waals surface area contributed by atoms with E-state index in [1.165, 1.54) is 0 Å². The Hall–Kier alpha value is -1.10. The van der Waals surface area contributed by atoms with E-state index in [9.17, 15) is 4.79 Å². The predicted molar refractivity (Wildman–Crippen MR) is 61.3 cm³/mol. The molecule has 0 N–H and O–H groups in total. The van der Waals surface area contributed by atoms with Gasteiger partial charge in [0.15, 0.2) is 5.60 Å². The molecule has 1 saturated heterocycles. The molecular weight excluding hydrogens is 206 g/mol. The fraction of sp³-hybridized carbons (Fsp3) is 0.818. The van der Waals surface area contributed by atoms with Crippen molar-refractivity contribution in [3.05, 3.63) is 0 Å². The van der Waals surface area contributed by atoms with Gasteiger partial charge < -0.3 is 14.6 Å². The Labute approximate surface area is 96.0 Å². The van der Waals surface area contributed by atoms with Gasteiger partial charge in [-0.2, -0.15) is 0 Å². The summed E-state index contributed by atoms with van der Waals surface area (Å²) in [6.07, 6.45) is 2.74. The fourth-order valence-corrected chi connectivity index (χ4v) is 2.43. The number of likely N-dealkylation sites (N-methyl/N-ethyl adjacent to an activating group) is 1. The van der Waals surface area contributed by atoms with Crippen LogP contribution in [0.5, 0.6) is 0 Å². The van der Waals surface area contributed by atoms with Crippen molar-refractivity contribution in [2.45, 2.75) is 24.9 Å². The van der Waals surface area contributed by atoms with Crippen molar-refractivity contribution >= 4 is 11.6 Å². The van der Waals surface area contributed by atoms with Crippen molar-refractivity contribution in [2.24, 2.45) is 5.16 Å². The summed E-state index contributed by atoms with van der Waals surface area (Å²) in [5, 5.41) is 3.97. The molecule has 90 valence electrons. The highest BCUT2D eigenvalue weighted by molar-refractivity contribution is 6.39. The van der Waals surface area contributed by atoms with E-state index in [1.807, 2.05) is 0 Å². The van der Waals surface area contributed by atoms with Gasteiger partial charge in [-0.15, -0.1) is 0 Å². The van der Waals surface area contributed by atoms with E-state index < -0.39 is 0 Å². The van der Waals surface area contributed by atoms with Crippen LogP contribution < -0.4 is 0 Å². The molecule has 0 aromatic carbocycles. The summed E-state index contributed by atoms with van der Waals surface area (Å²) in [7, 11) is 5.56. The third kappa shape index (κ3) is 2.04. The molecule has 1 unspecified atom stereocenters. The SMILES string of the molecule is CN1CCCC2(CC(C(=O)N(C)C)=NO2)C1. The predicted octanol–water partition coefficient (Wildman–Crippen LogP) is 0.315. The molecule has 2 heterocycles. The van der Waals surface area contributed by atoms with Crippen LogP contribution in [0.2, 0.25) is 0 Å². The van der Waals surface area contributed by atoms with Crippen molar-refractivity contribution in [3.8, 4) is 0 Å². The third-order valence-corrected chi connectivity index (χ3v) is 3.22. The van der Waals surface area contributed by atoms with Crippen LogP contribution in [-0.2, 0) is 9.63 Å². The van der Waals surface area contributed by atoms with Crippen LogP contribution in [0.3, 0.4) is 0 Å². The molecule has 1 spiro atoms. The van der Waals surface area contributed by atoms with Crippen LogP contribution in [0.4, 0.5) is 0 Å². The molecule has 2 aliphatic rings. The maximum atomic E-state index is 11.8. The van der Waals surface area contributed by atoms with Crippen molar-refractivity contribution in [1.82, 2.24) is 9.80 Å². The van der Waals surface area contributed by atoms with Crippen molar-refractivity contribution < 1.29 is 9.63 Å². The number of amides is 1. The Morgan fingerprint density at radius 3 is 2.94 bits per heavy atom. The number of oxime groups is 1. The van der Waals surface area contributed by atoms with Gasteiger partial charge in [-0.3, -0.25) is 4.79 Å². The average molecular weight is 225 g/mol. The van der Waals surface area contributed by atoms with Gasteiger partial charge in [0.1, 0.15) is 5.71 Å². The molecule has 0 aromatic heterocycles. The molecular formula is C11H19N3O2. The minimum atomic E-state index is -0.242. The molecule has 5 heteroatoms. The Morgan fingerprint density at radius 1 is 1.56 bits per heavy atom. The normalized spacial score (nSPS) is 30.1. The van der Waals surface area contributed by atoms with E-state index in [1.54, 1.807) is 19.0 Å². The topological polar surface area (TPSA) is 45.1 Å². The molecule has 2 rings (SSSR count). The molecule has 16 heavy (non-hydrogen) atoms.